The van der Waals surface area contributed by atoms with Gasteiger partial charge in [0.1, 0.15) is 0 Å². The molecule has 0 radical (unpaired) electrons. The molecule has 3 nitrogen and oxygen atoms in total. The number of piperidine rings is 1. The molecule has 1 heterocycles. The van der Waals surface area contributed by atoms with Crippen molar-refractivity contribution in [3.05, 3.63) is 12.2 Å². The summed E-state index contributed by atoms with van der Waals surface area (Å²) in [6, 6.07) is 0. The first-order valence-corrected chi connectivity index (χ1v) is 5.79. The Kier molecular flexibility index (Phi) is 4.82. The predicted molar refractivity (Wildman–Crippen MR) is 62.7 cm³/mol. The molecule has 0 atom stereocenters. The average molecular weight is 210 g/mol. The zero-order valence-electron chi connectivity index (χ0n) is 9.81. The summed E-state index contributed by atoms with van der Waals surface area (Å²) in [7, 11) is 0. The lowest BCUT2D eigenvalue weighted by atomic mass is 9.80. The Bertz CT molecular complexity index is 230. The number of allylic oxidation sites excluding steroid dienone is 1. The molecule has 0 aromatic rings. The minimum absolute atomic E-state index is 0.152. The molecule has 2 N–H and O–H groups in total. The molecule has 86 valence electrons. The Balaban J connectivity index is 2.31. The summed E-state index contributed by atoms with van der Waals surface area (Å²) in [6.45, 7) is 6.73. The highest BCUT2D eigenvalue weighted by Crippen LogP contribution is 2.27. The fraction of sp³-hybridized carbons (Fsp3) is 0.750. The first kappa shape index (κ1) is 12.2. The van der Waals surface area contributed by atoms with Gasteiger partial charge < -0.3 is 10.6 Å². The van der Waals surface area contributed by atoms with Crippen LogP contribution in [0.1, 0.15) is 33.1 Å². The SMILES string of the molecule is C/C=C/CCNC(=O)C1(C)CCNCC1. The van der Waals surface area contributed by atoms with Crippen LogP contribution >= 0.6 is 0 Å². The molecule has 0 aliphatic carbocycles. The fourth-order valence-electron chi connectivity index (χ4n) is 1.85. The third-order valence-corrected chi connectivity index (χ3v) is 3.09. The minimum atomic E-state index is -0.152. The molecule has 0 aromatic heterocycles. The van der Waals surface area contributed by atoms with Gasteiger partial charge in [0.15, 0.2) is 0 Å². The lowest BCUT2D eigenvalue weighted by molar-refractivity contribution is -0.131. The van der Waals surface area contributed by atoms with Gasteiger partial charge in [-0.25, -0.2) is 0 Å². The maximum Gasteiger partial charge on any atom is 0.226 e. The van der Waals surface area contributed by atoms with Crippen molar-refractivity contribution in [2.45, 2.75) is 33.1 Å². The number of hydrogen-bond donors (Lipinski definition) is 2. The highest BCUT2D eigenvalue weighted by atomic mass is 16.2. The molecule has 3 heteroatoms. The molecule has 1 fully saturated rings. The monoisotopic (exact) mass is 210 g/mol. The second-order valence-electron chi connectivity index (χ2n) is 4.42. The zero-order chi connectivity index (χ0) is 11.1. The van der Waals surface area contributed by atoms with E-state index < -0.39 is 0 Å². The molecule has 0 unspecified atom stereocenters. The van der Waals surface area contributed by atoms with Gasteiger partial charge in [-0.1, -0.05) is 19.1 Å². The number of nitrogens with one attached hydrogen (secondary N) is 2. The van der Waals surface area contributed by atoms with Crippen LogP contribution in [0.25, 0.3) is 0 Å². The molecular formula is C12H22N2O. The lowest BCUT2D eigenvalue weighted by Crippen LogP contribution is -2.45. The van der Waals surface area contributed by atoms with Gasteiger partial charge in [-0.2, -0.15) is 0 Å². The van der Waals surface area contributed by atoms with Gasteiger partial charge in [0.05, 0.1) is 0 Å². The summed E-state index contributed by atoms with van der Waals surface area (Å²) in [4.78, 5) is 11.9. The molecule has 0 spiro atoms. The number of amides is 1. The van der Waals surface area contributed by atoms with Crippen molar-refractivity contribution in [3.8, 4) is 0 Å². The summed E-state index contributed by atoms with van der Waals surface area (Å²) >= 11 is 0. The number of hydrogen-bond acceptors (Lipinski definition) is 2. The van der Waals surface area contributed by atoms with Gasteiger partial charge in [-0.05, 0) is 39.3 Å². The summed E-state index contributed by atoms with van der Waals surface area (Å²) in [5.74, 6) is 0.216. The maximum absolute atomic E-state index is 11.9. The van der Waals surface area contributed by atoms with Crippen molar-refractivity contribution >= 4 is 5.91 Å². The van der Waals surface area contributed by atoms with Gasteiger partial charge in [0, 0.05) is 12.0 Å². The molecule has 0 bridgehead atoms. The lowest BCUT2D eigenvalue weighted by Gasteiger charge is -2.32. The summed E-state index contributed by atoms with van der Waals surface area (Å²) in [5, 5.41) is 6.29. The normalized spacial score (nSPS) is 20.4. The second-order valence-corrected chi connectivity index (χ2v) is 4.42. The van der Waals surface area contributed by atoms with E-state index in [4.69, 9.17) is 0 Å². The van der Waals surface area contributed by atoms with Crippen LogP contribution in [0.2, 0.25) is 0 Å². The third-order valence-electron chi connectivity index (χ3n) is 3.09. The maximum atomic E-state index is 11.9. The first-order chi connectivity index (χ1) is 7.19. The summed E-state index contributed by atoms with van der Waals surface area (Å²) in [5.41, 5.74) is -0.152. The third kappa shape index (κ3) is 3.67. The van der Waals surface area contributed by atoms with E-state index >= 15 is 0 Å². The molecule has 1 rings (SSSR count). The quantitative estimate of drug-likeness (QED) is 0.545. The molecular weight excluding hydrogens is 188 g/mol. The van der Waals surface area contributed by atoms with E-state index in [0.29, 0.717) is 0 Å². The number of carbonyl (C=O) groups is 1. The Labute approximate surface area is 92.3 Å². The van der Waals surface area contributed by atoms with Crippen molar-refractivity contribution in [3.63, 3.8) is 0 Å². The van der Waals surface area contributed by atoms with Crippen LogP contribution in [-0.4, -0.2) is 25.5 Å². The Morgan fingerprint density at radius 2 is 2.13 bits per heavy atom. The van der Waals surface area contributed by atoms with E-state index in [0.717, 1.165) is 38.9 Å². The highest BCUT2D eigenvalue weighted by molar-refractivity contribution is 5.82. The minimum Gasteiger partial charge on any atom is -0.355 e. The van der Waals surface area contributed by atoms with Crippen LogP contribution in [0.15, 0.2) is 12.2 Å². The molecule has 1 aliphatic heterocycles. The standard InChI is InChI=1S/C12H22N2O/c1-3-4-5-8-14-11(15)12(2)6-9-13-10-7-12/h3-4,13H,5-10H2,1-2H3,(H,14,15)/b4-3+. The van der Waals surface area contributed by atoms with Gasteiger partial charge in [0.2, 0.25) is 5.91 Å². The average Bonchev–Trinajstić information content (AvgIpc) is 2.25. The summed E-state index contributed by atoms with van der Waals surface area (Å²) < 4.78 is 0. The first-order valence-electron chi connectivity index (χ1n) is 5.79. The van der Waals surface area contributed by atoms with Gasteiger partial charge in [0.25, 0.3) is 0 Å². The Hall–Kier alpha value is -0.830. The Morgan fingerprint density at radius 3 is 2.73 bits per heavy atom. The van der Waals surface area contributed by atoms with E-state index in [1.54, 1.807) is 0 Å². The largest absolute Gasteiger partial charge is 0.355 e. The molecule has 1 aliphatic rings. The van der Waals surface area contributed by atoms with Gasteiger partial charge >= 0.3 is 0 Å². The number of rotatable bonds is 4. The predicted octanol–water partition coefficient (Wildman–Crippen LogP) is 1.46. The van der Waals surface area contributed by atoms with Crippen LogP contribution in [0.4, 0.5) is 0 Å². The van der Waals surface area contributed by atoms with Gasteiger partial charge in [-0.15, -0.1) is 0 Å². The van der Waals surface area contributed by atoms with Crippen LogP contribution in [0.3, 0.4) is 0 Å². The van der Waals surface area contributed by atoms with E-state index in [1.807, 2.05) is 13.0 Å². The van der Waals surface area contributed by atoms with Crippen LogP contribution in [0, 0.1) is 5.41 Å². The van der Waals surface area contributed by atoms with Crippen molar-refractivity contribution in [2.24, 2.45) is 5.41 Å². The summed E-state index contributed by atoms with van der Waals surface area (Å²) in [6.07, 6.45) is 6.91. The molecule has 0 saturated carbocycles. The van der Waals surface area contributed by atoms with Crippen molar-refractivity contribution in [2.75, 3.05) is 19.6 Å². The van der Waals surface area contributed by atoms with Crippen LogP contribution in [0.5, 0.6) is 0 Å². The second kappa shape index (κ2) is 5.91. The zero-order valence-corrected chi connectivity index (χ0v) is 9.81. The van der Waals surface area contributed by atoms with Crippen LogP contribution in [-0.2, 0) is 4.79 Å². The van der Waals surface area contributed by atoms with E-state index in [9.17, 15) is 4.79 Å². The molecule has 0 aromatic carbocycles. The molecule has 15 heavy (non-hydrogen) atoms. The smallest absolute Gasteiger partial charge is 0.226 e. The van der Waals surface area contributed by atoms with Gasteiger partial charge in [-0.3, -0.25) is 4.79 Å². The van der Waals surface area contributed by atoms with Crippen molar-refractivity contribution in [1.82, 2.24) is 10.6 Å². The van der Waals surface area contributed by atoms with Crippen molar-refractivity contribution < 1.29 is 4.79 Å². The van der Waals surface area contributed by atoms with E-state index in [1.165, 1.54) is 0 Å². The number of carbonyl (C=O) groups excluding carboxylic acids is 1. The highest BCUT2D eigenvalue weighted by Gasteiger charge is 2.33. The Morgan fingerprint density at radius 1 is 1.47 bits per heavy atom. The fourth-order valence-corrected chi connectivity index (χ4v) is 1.85. The van der Waals surface area contributed by atoms with E-state index in [2.05, 4.69) is 23.6 Å². The van der Waals surface area contributed by atoms with Crippen LogP contribution < -0.4 is 10.6 Å². The topological polar surface area (TPSA) is 41.1 Å². The molecule has 1 saturated heterocycles. The van der Waals surface area contributed by atoms with Crippen molar-refractivity contribution in [1.29, 1.82) is 0 Å². The molecule has 1 amide bonds. The van der Waals surface area contributed by atoms with E-state index in [-0.39, 0.29) is 11.3 Å².